The molecule has 1 aromatic carbocycles. The Hall–Kier alpha value is -1.51. The van der Waals surface area contributed by atoms with Gasteiger partial charge in [-0.15, -0.1) is 0 Å². The van der Waals surface area contributed by atoms with Crippen molar-refractivity contribution in [2.24, 2.45) is 0 Å². The van der Waals surface area contributed by atoms with E-state index in [1.54, 1.807) is 0 Å². The lowest BCUT2D eigenvalue weighted by Gasteiger charge is -2.17. The molecule has 0 aliphatic rings. The van der Waals surface area contributed by atoms with Gasteiger partial charge in [0, 0.05) is 12.2 Å². The Morgan fingerprint density at radius 3 is 2.63 bits per heavy atom. The topological polar surface area (TPSA) is 41.1 Å². The highest BCUT2D eigenvalue weighted by Crippen LogP contribution is 2.17. The second-order valence-corrected chi connectivity index (χ2v) is 4.92. The fourth-order valence-corrected chi connectivity index (χ4v) is 1.99. The van der Waals surface area contributed by atoms with Gasteiger partial charge in [0.25, 0.3) is 0 Å². The summed E-state index contributed by atoms with van der Waals surface area (Å²) in [5.41, 5.74) is 2.35. The standard InChI is InChI=1S/C16H26N2O/c1-4-6-12-17-16(19)13(3)18-15-11-8-7-10-14(15)9-5-2/h7-8,10-11,13,18H,4-6,9,12H2,1-3H3,(H,17,19). The van der Waals surface area contributed by atoms with Gasteiger partial charge in [-0.1, -0.05) is 44.9 Å². The van der Waals surface area contributed by atoms with Crippen molar-refractivity contribution in [3.05, 3.63) is 29.8 Å². The number of hydrogen-bond donors (Lipinski definition) is 2. The minimum atomic E-state index is -0.199. The molecule has 0 heterocycles. The SMILES string of the molecule is CCCCNC(=O)C(C)Nc1ccccc1CCC. The van der Waals surface area contributed by atoms with Crippen LogP contribution in [0.25, 0.3) is 0 Å². The first kappa shape index (κ1) is 15.5. The van der Waals surface area contributed by atoms with Crippen LogP contribution in [0.4, 0.5) is 5.69 Å². The number of benzene rings is 1. The van der Waals surface area contributed by atoms with Gasteiger partial charge in [-0.2, -0.15) is 0 Å². The monoisotopic (exact) mass is 262 g/mol. The van der Waals surface area contributed by atoms with Crippen LogP contribution >= 0.6 is 0 Å². The molecule has 1 amide bonds. The van der Waals surface area contributed by atoms with Crippen molar-refractivity contribution in [2.75, 3.05) is 11.9 Å². The zero-order chi connectivity index (χ0) is 14.1. The van der Waals surface area contributed by atoms with Crippen molar-refractivity contribution in [3.63, 3.8) is 0 Å². The number of nitrogens with one attached hydrogen (secondary N) is 2. The molecule has 0 aliphatic carbocycles. The van der Waals surface area contributed by atoms with E-state index in [1.807, 2.05) is 25.1 Å². The molecule has 1 unspecified atom stereocenters. The maximum atomic E-state index is 11.9. The minimum absolute atomic E-state index is 0.0692. The third kappa shape index (κ3) is 5.33. The van der Waals surface area contributed by atoms with Crippen LogP contribution < -0.4 is 10.6 Å². The molecule has 0 radical (unpaired) electrons. The second-order valence-electron chi connectivity index (χ2n) is 4.92. The Kier molecular flexibility index (Phi) is 7.01. The summed E-state index contributed by atoms with van der Waals surface area (Å²) in [6.45, 7) is 6.95. The summed E-state index contributed by atoms with van der Waals surface area (Å²) in [7, 11) is 0. The Balaban J connectivity index is 2.55. The van der Waals surface area contributed by atoms with E-state index in [0.29, 0.717) is 0 Å². The highest BCUT2D eigenvalue weighted by molar-refractivity contribution is 5.84. The quantitative estimate of drug-likeness (QED) is 0.705. The van der Waals surface area contributed by atoms with Crippen LogP contribution in [0.15, 0.2) is 24.3 Å². The van der Waals surface area contributed by atoms with Crippen LogP contribution in [-0.2, 0) is 11.2 Å². The van der Waals surface area contributed by atoms with Crippen LogP contribution in [0.2, 0.25) is 0 Å². The van der Waals surface area contributed by atoms with Crippen LogP contribution in [0, 0.1) is 0 Å². The van der Waals surface area contributed by atoms with Gasteiger partial charge in [-0.25, -0.2) is 0 Å². The molecule has 0 spiro atoms. The van der Waals surface area contributed by atoms with E-state index in [2.05, 4.69) is 30.5 Å². The fraction of sp³-hybridized carbons (Fsp3) is 0.562. The van der Waals surface area contributed by atoms with Gasteiger partial charge in [0.05, 0.1) is 0 Å². The van der Waals surface area contributed by atoms with E-state index >= 15 is 0 Å². The van der Waals surface area contributed by atoms with Crippen molar-refractivity contribution >= 4 is 11.6 Å². The van der Waals surface area contributed by atoms with E-state index in [-0.39, 0.29) is 11.9 Å². The summed E-state index contributed by atoms with van der Waals surface area (Å²) < 4.78 is 0. The molecule has 106 valence electrons. The average molecular weight is 262 g/mol. The molecule has 3 heteroatoms. The van der Waals surface area contributed by atoms with Crippen LogP contribution in [0.1, 0.15) is 45.6 Å². The number of anilines is 1. The molecule has 1 atom stereocenters. The molecule has 2 N–H and O–H groups in total. The number of aryl methyl sites for hydroxylation is 1. The first-order valence-electron chi connectivity index (χ1n) is 7.31. The molecule has 0 saturated heterocycles. The first-order chi connectivity index (χ1) is 9.19. The Morgan fingerprint density at radius 1 is 1.21 bits per heavy atom. The van der Waals surface area contributed by atoms with Gasteiger partial charge in [0.1, 0.15) is 6.04 Å². The van der Waals surface area contributed by atoms with Crippen molar-refractivity contribution in [2.45, 2.75) is 52.5 Å². The largest absolute Gasteiger partial charge is 0.374 e. The lowest BCUT2D eigenvalue weighted by molar-refractivity contribution is -0.121. The number of para-hydroxylation sites is 1. The molecule has 1 aromatic rings. The minimum Gasteiger partial charge on any atom is -0.374 e. The Morgan fingerprint density at radius 2 is 1.95 bits per heavy atom. The summed E-state index contributed by atoms with van der Waals surface area (Å²) in [6.07, 6.45) is 4.27. The van der Waals surface area contributed by atoms with Gasteiger partial charge in [-0.05, 0) is 31.4 Å². The summed E-state index contributed by atoms with van der Waals surface area (Å²) in [5, 5.41) is 6.26. The molecule has 0 aromatic heterocycles. The highest BCUT2D eigenvalue weighted by atomic mass is 16.2. The van der Waals surface area contributed by atoms with Crippen molar-refractivity contribution in [1.82, 2.24) is 5.32 Å². The maximum Gasteiger partial charge on any atom is 0.242 e. The molecule has 0 fully saturated rings. The van der Waals surface area contributed by atoms with Gasteiger partial charge in [-0.3, -0.25) is 4.79 Å². The van der Waals surface area contributed by atoms with E-state index < -0.39 is 0 Å². The van der Waals surface area contributed by atoms with E-state index in [1.165, 1.54) is 5.56 Å². The number of carbonyl (C=O) groups excluding carboxylic acids is 1. The first-order valence-corrected chi connectivity index (χ1v) is 7.31. The zero-order valence-corrected chi connectivity index (χ0v) is 12.3. The fourth-order valence-electron chi connectivity index (χ4n) is 1.99. The maximum absolute atomic E-state index is 11.9. The number of amides is 1. The molecule has 19 heavy (non-hydrogen) atoms. The smallest absolute Gasteiger partial charge is 0.242 e. The molecule has 0 aliphatic heterocycles. The normalized spacial score (nSPS) is 11.9. The van der Waals surface area contributed by atoms with E-state index in [0.717, 1.165) is 37.9 Å². The van der Waals surface area contributed by atoms with Gasteiger partial charge < -0.3 is 10.6 Å². The van der Waals surface area contributed by atoms with Crippen molar-refractivity contribution in [1.29, 1.82) is 0 Å². The summed E-state index contributed by atoms with van der Waals surface area (Å²) in [6, 6.07) is 8.01. The number of hydrogen-bond acceptors (Lipinski definition) is 2. The molecule has 0 saturated carbocycles. The third-order valence-corrected chi connectivity index (χ3v) is 3.13. The number of unbranched alkanes of at least 4 members (excludes halogenated alkanes) is 1. The Bertz CT molecular complexity index is 390. The lowest BCUT2D eigenvalue weighted by Crippen LogP contribution is -2.38. The molecule has 3 nitrogen and oxygen atoms in total. The third-order valence-electron chi connectivity index (χ3n) is 3.13. The lowest BCUT2D eigenvalue weighted by atomic mass is 10.1. The van der Waals surface area contributed by atoms with Crippen molar-refractivity contribution < 1.29 is 4.79 Å². The molecular formula is C16H26N2O. The number of carbonyl (C=O) groups is 1. The summed E-state index contributed by atoms with van der Waals surface area (Å²) in [4.78, 5) is 11.9. The van der Waals surface area contributed by atoms with Crippen LogP contribution in [-0.4, -0.2) is 18.5 Å². The summed E-state index contributed by atoms with van der Waals surface area (Å²) in [5.74, 6) is 0.0692. The number of rotatable bonds is 8. The zero-order valence-electron chi connectivity index (χ0n) is 12.3. The summed E-state index contributed by atoms with van der Waals surface area (Å²) >= 11 is 0. The van der Waals surface area contributed by atoms with E-state index in [4.69, 9.17) is 0 Å². The Labute approximate surface area is 116 Å². The van der Waals surface area contributed by atoms with Gasteiger partial charge >= 0.3 is 0 Å². The predicted octanol–water partition coefficient (Wildman–Crippen LogP) is 3.36. The average Bonchev–Trinajstić information content (AvgIpc) is 2.41. The van der Waals surface area contributed by atoms with Gasteiger partial charge in [0.2, 0.25) is 5.91 Å². The second kappa shape index (κ2) is 8.57. The molecule has 0 bridgehead atoms. The van der Waals surface area contributed by atoms with Crippen molar-refractivity contribution in [3.8, 4) is 0 Å². The van der Waals surface area contributed by atoms with Crippen LogP contribution in [0.3, 0.4) is 0 Å². The van der Waals surface area contributed by atoms with Crippen LogP contribution in [0.5, 0.6) is 0 Å². The van der Waals surface area contributed by atoms with E-state index in [9.17, 15) is 4.79 Å². The highest BCUT2D eigenvalue weighted by Gasteiger charge is 2.12. The van der Waals surface area contributed by atoms with Gasteiger partial charge in [0.15, 0.2) is 0 Å². The molecule has 1 rings (SSSR count). The molecular weight excluding hydrogens is 236 g/mol. The predicted molar refractivity (Wildman–Crippen MR) is 81.4 cm³/mol.